The van der Waals surface area contributed by atoms with Gasteiger partial charge in [-0.3, -0.25) is 0 Å². The maximum Gasteiger partial charge on any atom is 0.119 e. The topological polar surface area (TPSA) is 49.9 Å². The molecule has 4 nitrogen and oxygen atoms in total. The molecule has 0 aliphatic rings. The minimum Gasteiger partial charge on any atom is -0.489 e. The van der Waals surface area contributed by atoms with E-state index in [1.807, 2.05) is 54.6 Å². The Morgan fingerprint density at radius 1 is 0.929 bits per heavy atom. The van der Waals surface area contributed by atoms with E-state index in [-0.39, 0.29) is 0 Å². The highest BCUT2D eigenvalue weighted by Crippen LogP contribution is 2.19. The molecular formula is C23H22ClN3O. The minimum absolute atomic E-state index is 0.467. The molecular weight excluding hydrogens is 370 g/mol. The van der Waals surface area contributed by atoms with Crippen LogP contribution in [0.25, 0.3) is 11.0 Å². The van der Waals surface area contributed by atoms with Gasteiger partial charge in [0.25, 0.3) is 0 Å². The number of para-hydroxylation sites is 2. The van der Waals surface area contributed by atoms with Crippen molar-refractivity contribution >= 4 is 22.6 Å². The van der Waals surface area contributed by atoms with E-state index in [2.05, 4.69) is 33.5 Å². The molecule has 3 aromatic carbocycles. The van der Waals surface area contributed by atoms with Crippen LogP contribution in [-0.2, 0) is 19.6 Å². The Hall–Kier alpha value is -2.82. The molecule has 0 atom stereocenters. The van der Waals surface area contributed by atoms with Gasteiger partial charge >= 0.3 is 0 Å². The molecule has 4 rings (SSSR count). The lowest BCUT2D eigenvalue weighted by Crippen LogP contribution is -2.17. The predicted octanol–water partition coefficient (Wildman–Crippen LogP) is 5.13. The number of hydrogen-bond acceptors (Lipinski definition) is 3. The van der Waals surface area contributed by atoms with Gasteiger partial charge in [-0.05, 0) is 35.9 Å². The number of ether oxygens (including phenoxy) is 1. The summed E-state index contributed by atoms with van der Waals surface area (Å²) in [6.45, 7) is 2.14. The maximum atomic E-state index is 6.16. The number of halogens is 1. The number of nitrogens with zero attached hydrogens (tertiary/aromatic N) is 1. The molecule has 0 bridgehead atoms. The number of nitrogens with one attached hydrogen (secondary N) is 2. The fourth-order valence-corrected chi connectivity index (χ4v) is 3.23. The average Bonchev–Trinajstić information content (AvgIpc) is 3.14. The number of rotatable bonds is 8. The summed E-state index contributed by atoms with van der Waals surface area (Å²) < 4.78 is 5.82. The van der Waals surface area contributed by atoms with Gasteiger partial charge in [0.05, 0.1) is 11.0 Å². The van der Waals surface area contributed by atoms with Crippen molar-refractivity contribution in [2.45, 2.75) is 19.6 Å². The van der Waals surface area contributed by atoms with E-state index in [1.54, 1.807) is 0 Å². The lowest BCUT2D eigenvalue weighted by molar-refractivity contribution is 0.306. The smallest absolute Gasteiger partial charge is 0.119 e. The molecule has 0 saturated carbocycles. The van der Waals surface area contributed by atoms with Crippen LogP contribution in [-0.4, -0.2) is 16.5 Å². The SMILES string of the molecule is Clc1ccccc1COc1ccc(CNCCc2nc3ccccc3[nH]2)cc1. The van der Waals surface area contributed by atoms with Gasteiger partial charge in [-0.2, -0.15) is 0 Å². The molecule has 28 heavy (non-hydrogen) atoms. The fourth-order valence-electron chi connectivity index (χ4n) is 3.04. The molecule has 0 aliphatic carbocycles. The Kier molecular flexibility index (Phi) is 5.90. The second-order valence-electron chi connectivity index (χ2n) is 6.65. The predicted molar refractivity (Wildman–Crippen MR) is 114 cm³/mol. The van der Waals surface area contributed by atoms with Gasteiger partial charge in [0.15, 0.2) is 0 Å². The summed E-state index contributed by atoms with van der Waals surface area (Å²) in [5.74, 6) is 1.85. The van der Waals surface area contributed by atoms with E-state index in [0.717, 1.165) is 52.7 Å². The standard InChI is InChI=1S/C23H22ClN3O/c24-20-6-2-1-5-18(20)16-28-19-11-9-17(10-12-19)15-25-14-13-23-26-21-7-3-4-8-22(21)27-23/h1-12,25H,13-16H2,(H,26,27). The van der Waals surface area contributed by atoms with Crippen LogP contribution >= 0.6 is 11.6 Å². The number of H-pyrrole nitrogens is 1. The largest absolute Gasteiger partial charge is 0.489 e. The van der Waals surface area contributed by atoms with Gasteiger partial charge in [-0.15, -0.1) is 0 Å². The van der Waals surface area contributed by atoms with Gasteiger partial charge in [0, 0.05) is 30.1 Å². The van der Waals surface area contributed by atoms with E-state index in [1.165, 1.54) is 5.56 Å². The first-order chi connectivity index (χ1) is 13.8. The molecule has 5 heteroatoms. The van der Waals surface area contributed by atoms with E-state index in [4.69, 9.17) is 16.3 Å². The maximum absolute atomic E-state index is 6.16. The van der Waals surface area contributed by atoms with Crippen molar-refractivity contribution in [2.24, 2.45) is 0 Å². The zero-order chi connectivity index (χ0) is 19.2. The second-order valence-corrected chi connectivity index (χ2v) is 7.06. The summed E-state index contributed by atoms with van der Waals surface area (Å²) in [6, 6.07) is 24.0. The quantitative estimate of drug-likeness (QED) is 0.409. The van der Waals surface area contributed by atoms with Gasteiger partial charge < -0.3 is 15.0 Å². The molecule has 0 radical (unpaired) electrons. The monoisotopic (exact) mass is 391 g/mol. The molecule has 4 aromatic rings. The minimum atomic E-state index is 0.467. The van der Waals surface area contributed by atoms with Crippen molar-refractivity contribution < 1.29 is 4.74 Å². The van der Waals surface area contributed by atoms with Crippen molar-refractivity contribution in [1.29, 1.82) is 0 Å². The summed E-state index contributed by atoms with van der Waals surface area (Å²) in [6.07, 6.45) is 0.869. The third kappa shape index (κ3) is 4.71. The normalized spacial score (nSPS) is 11.0. The van der Waals surface area contributed by atoms with Crippen LogP contribution in [0.1, 0.15) is 17.0 Å². The molecule has 0 amide bonds. The lowest BCUT2D eigenvalue weighted by atomic mass is 10.2. The fraction of sp³-hybridized carbons (Fsp3) is 0.174. The van der Waals surface area contributed by atoms with Gasteiger partial charge in [0.2, 0.25) is 0 Å². The highest BCUT2D eigenvalue weighted by atomic mass is 35.5. The van der Waals surface area contributed by atoms with Crippen molar-refractivity contribution in [3.63, 3.8) is 0 Å². The Morgan fingerprint density at radius 3 is 2.54 bits per heavy atom. The Morgan fingerprint density at radius 2 is 1.71 bits per heavy atom. The molecule has 0 spiro atoms. The molecule has 0 saturated heterocycles. The van der Waals surface area contributed by atoms with Crippen LogP contribution in [0.4, 0.5) is 0 Å². The molecule has 0 unspecified atom stereocenters. The van der Waals surface area contributed by atoms with Gasteiger partial charge in [-0.25, -0.2) is 4.98 Å². The molecule has 142 valence electrons. The zero-order valence-electron chi connectivity index (χ0n) is 15.5. The van der Waals surface area contributed by atoms with Crippen LogP contribution in [0.15, 0.2) is 72.8 Å². The molecule has 2 N–H and O–H groups in total. The summed E-state index contributed by atoms with van der Waals surface area (Å²) in [5, 5.41) is 4.19. The average molecular weight is 392 g/mol. The summed E-state index contributed by atoms with van der Waals surface area (Å²) in [4.78, 5) is 7.96. The third-order valence-corrected chi connectivity index (χ3v) is 4.95. The molecule has 0 aliphatic heterocycles. The van der Waals surface area contributed by atoms with E-state index < -0.39 is 0 Å². The zero-order valence-corrected chi connectivity index (χ0v) is 16.2. The Balaban J connectivity index is 1.22. The van der Waals surface area contributed by atoms with Crippen LogP contribution in [0.2, 0.25) is 5.02 Å². The Bertz CT molecular complexity index is 1010. The van der Waals surface area contributed by atoms with E-state index in [9.17, 15) is 0 Å². The first-order valence-corrected chi connectivity index (χ1v) is 9.75. The summed E-state index contributed by atoms with van der Waals surface area (Å²) in [5.41, 5.74) is 4.31. The van der Waals surface area contributed by atoms with Crippen LogP contribution in [0.3, 0.4) is 0 Å². The first kappa shape index (κ1) is 18.5. The lowest BCUT2D eigenvalue weighted by Gasteiger charge is -2.09. The summed E-state index contributed by atoms with van der Waals surface area (Å²) in [7, 11) is 0. The van der Waals surface area contributed by atoms with Crippen molar-refractivity contribution in [2.75, 3.05) is 6.54 Å². The van der Waals surface area contributed by atoms with E-state index >= 15 is 0 Å². The molecule has 1 aromatic heterocycles. The van der Waals surface area contributed by atoms with Crippen molar-refractivity contribution in [3.05, 3.63) is 94.8 Å². The van der Waals surface area contributed by atoms with E-state index in [0.29, 0.717) is 6.61 Å². The summed E-state index contributed by atoms with van der Waals surface area (Å²) >= 11 is 6.16. The van der Waals surface area contributed by atoms with Crippen LogP contribution in [0.5, 0.6) is 5.75 Å². The molecule has 0 fully saturated rings. The Labute approximate surface area is 169 Å². The number of imidazole rings is 1. The van der Waals surface area contributed by atoms with Crippen molar-refractivity contribution in [1.82, 2.24) is 15.3 Å². The molecule has 1 heterocycles. The number of aromatic nitrogens is 2. The second kappa shape index (κ2) is 8.91. The van der Waals surface area contributed by atoms with Crippen LogP contribution in [0, 0.1) is 0 Å². The number of fused-ring (bicyclic) bond motifs is 1. The highest BCUT2D eigenvalue weighted by Gasteiger charge is 2.03. The highest BCUT2D eigenvalue weighted by molar-refractivity contribution is 6.31. The number of hydrogen-bond donors (Lipinski definition) is 2. The van der Waals surface area contributed by atoms with Gasteiger partial charge in [0.1, 0.15) is 18.2 Å². The first-order valence-electron chi connectivity index (χ1n) is 9.37. The number of benzene rings is 3. The number of aromatic amines is 1. The third-order valence-electron chi connectivity index (χ3n) is 4.58. The van der Waals surface area contributed by atoms with Crippen LogP contribution < -0.4 is 10.1 Å². The van der Waals surface area contributed by atoms with Crippen molar-refractivity contribution in [3.8, 4) is 5.75 Å². The van der Waals surface area contributed by atoms with Gasteiger partial charge in [-0.1, -0.05) is 54.1 Å².